The van der Waals surface area contributed by atoms with E-state index < -0.39 is 0 Å². The third-order valence-corrected chi connectivity index (χ3v) is 7.41. The number of carbonyl (C=O) groups is 2. The van der Waals surface area contributed by atoms with Crippen LogP contribution in [0.2, 0.25) is 0 Å². The number of likely N-dealkylation sites (tertiary alicyclic amines) is 2. The number of unbranched alkanes of at least 4 members (excludes halogenated alkanes) is 2. The number of rotatable bonds is 12. The summed E-state index contributed by atoms with van der Waals surface area (Å²) < 4.78 is 0. The van der Waals surface area contributed by atoms with Crippen molar-refractivity contribution in [1.82, 2.24) is 15.1 Å². The van der Waals surface area contributed by atoms with Gasteiger partial charge in [0, 0.05) is 32.6 Å². The lowest BCUT2D eigenvalue weighted by molar-refractivity contribution is -0.135. The lowest BCUT2D eigenvalue weighted by atomic mass is 9.77. The maximum Gasteiger partial charge on any atom is 0.317 e. The van der Waals surface area contributed by atoms with E-state index in [2.05, 4.69) is 31.3 Å². The predicted octanol–water partition coefficient (Wildman–Crippen LogP) is 5.23. The largest absolute Gasteiger partial charge is 0.338 e. The Morgan fingerprint density at radius 2 is 1.85 bits per heavy atom. The van der Waals surface area contributed by atoms with Gasteiger partial charge in [-0.05, 0) is 43.6 Å². The second-order valence-electron chi connectivity index (χ2n) is 9.92. The molecule has 0 spiro atoms. The van der Waals surface area contributed by atoms with E-state index in [0.717, 1.165) is 70.9 Å². The van der Waals surface area contributed by atoms with Gasteiger partial charge in [0.25, 0.3) is 0 Å². The van der Waals surface area contributed by atoms with Gasteiger partial charge in [0.15, 0.2) is 0 Å². The number of carbonyl (C=O) groups excluding carboxylic acids is 2. The van der Waals surface area contributed by atoms with Gasteiger partial charge < -0.3 is 15.1 Å². The van der Waals surface area contributed by atoms with E-state index in [1.165, 1.54) is 5.56 Å². The summed E-state index contributed by atoms with van der Waals surface area (Å²) in [6.07, 6.45) is 9.34. The van der Waals surface area contributed by atoms with Crippen LogP contribution in [0.1, 0.15) is 77.2 Å². The van der Waals surface area contributed by atoms with Crippen molar-refractivity contribution < 1.29 is 9.59 Å². The van der Waals surface area contributed by atoms with Gasteiger partial charge in [-0.3, -0.25) is 10.2 Å². The number of hydrogen-bond acceptors (Lipinski definition) is 3. The number of amides is 3. The maximum absolute atomic E-state index is 13.4. The molecule has 1 unspecified atom stereocenters. The Kier molecular flexibility index (Phi) is 9.33. The molecule has 2 aliphatic heterocycles. The SMILES string of the molecule is CCCCC1(CCCC)CC(=N)N(CCC2CCN(C(=O)NCCc3ccccc3)C2)C1=O. The second-order valence-corrected chi connectivity index (χ2v) is 9.92. The highest BCUT2D eigenvalue weighted by molar-refractivity contribution is 6.07. The Hall–Kier alpha value is -2.37. The topological polar surface area (TPSA) is 76.5 Å². The van der Waals surface area contributed by atoms with E-state index in [-0.39, 0.29) is 17.4 Å². The monoisotopic (exact) mass is 454 g/mol. The fourth-order valence-electron chi connectivity index (χ4n) is 5.32. The van der Waals surface area contributed by atoms with Crippen LogP contribution in [0.5, 0.6) is 0 Å². The highest BCUT2D eigenvalue weighted by Crippen LogP contribution is 2.42. The Morgan fingerprint density at radius 3 is 2.52 bits per heavy atom. The number of nitrogens with one attached hydrogen (secondary N) is 2. The highest BCUT2D eigenvalue weighted by atomic mass is 16.2. The lowest BCUT2D eigenvalue weighted by Gasteiger charge is -2.27. The van der Waals surface area contributed by atoms with Gasteiger partial charge in [0.1, 0.15) is 5.84 Å². The van der Waals surface area contributed by atoms with E-state index in [1.54, 1.807) is 4.90 Å². The summed E-state index contributed by atoms with van der Waals surface area (Å²) in [4.78, 5) is 29.6. The Balaban J connectivity index is 1.44. The predicted molar refractivity (Wildman–Crippen MR) is 133 cm³/mol. The van der Waals surface area contributed by atoms with Gasteiger partial charge in [-0.15, -0.1) is 0 Å². The lowest BCUT2D eigenvalue weighted by Crippen LogP contribution is -2.40. The molecular weight excluding hydrogens is 412 g/mol. The molecule has 33 heavy (non-hydrogen) atoms. The first-order valence-electron chi connectivity index (χ1n) is 12.9. The standard InChI is InChI=1S/C27H42N4O2/c1-3-5-15-27(16-6-4-2)20-24(28)31(25(27)32)19-14-23-13-18-30(21-23)26(33)29-17-12-22-10-8-7-9-11-22/h7-11,23,28H,3-6,12-21H2,1-2H3,(H,29,33). The zero-order valence-electron chi connectivity index (χ0n) is 20.6. The van der Waals surface area contributed by atoms with E-state index in [1.807, 2.05) is 23.1 Å². The average Bonchev–Trinajstić information content (AvgIpc) is 3.39. The molecule has 2 heterocycles. The summed E-state index contributed by atoms with van der Waals surface area (Å²) in [5, 5.41) is 11.6. The third kappa shape index (κ3) is 6.58. The van der Waals surface area contributed by atoms with Gasteiger partial charge in [-0.25, -0.2) is 4.79 Å². The minimum absolute atomic E-state index is 0.0107. The Bertz CT molecular complexity index is 787. The molecule has 0 saturated carbocycles. The van der Waals surface area contributed by atoms with Crippen molar-refractivity contribution in [2.24, 2.45) is 11.3 Å². The highest BCUT2D eigenvalue weighted by Gasteiger charge is 2.48. The molecule has 182 valence electrons. The van der Waals surface area contributed by atoms with Crippen molar-refractivity contribution in [1.29, 1.82) is 5.41 Å². The molecule has 3 amide bonds. The molecule has 1 aromatic rings. The number of amidine groups is 1. The Labute approximate surface area is 199 Å². The first-order valence-corrected chi connectivity index (χ1v) is 12.9. The third-order valence-electron chi connectivity index (χ3n) is 7.41. The van der Waals surface area contributed by atoms with Crippen LogP contribution in [-0.4, -0.2) is 53.8 Å². The summed E-state index contributed by atoms with van der Waals surface area (Å²) in [5.41, 5.74) is 0.882. The van der Waals surface area contributed by atoms with E-state index in [4.69, 9.17) is 5.41 Å². The molecule has 3 rings (SSSR count). The summed E-state index contributed by atoms with van der Waals surface area (Å²) in [7, 11) is 0. The van der Waals surface area contributed by atoms with Crippen LogP contribution in [0, 0.1) is 16.7 Å². The molecular formula is C27H42N4O2. The molecule has 2 aliphatic rings. The fraction of sp³-hybridized carbons (Fsp3) is 0.667. The van der Waals surface area contributed by atoms with Crippen LogP contribution in [-0.2, 0) is 11.2 Å². The van der Waals surface area contributed by atoms with Gasteiger partial charge in [0.05, 0.1) is 5.41 Å². The van der Waals surface area contributed by atoms with Crippen molar-refractivity contribution in [3.05, 3.63) is 35.9 Å². The molecule has 6 heteroatoms. The van der Waals surface area contributed by atoms with Gasteiger partial charge in [-0.1, -0.05) is 69.9 Å². The second kappa shape index (κ2) is 12.2. The zero-order chi connectivity index (χ0) is 23.7. The van der Waals surface area contributed by atoms with Crippen molar-refractivity contribution in [2.75, 3.05) is 26.2 Å². The number of hydrogen-bond donors (Lipinski definition) is 2. The average molecular weight is 455 g/mol. The zero-order valence-corrected chi connectivity index (χ0v) is 20.6. The molecule has 0 aromatic heterocycles. The number of benzene rings is 1. The molecule has 6 nitrogen and oxygen atoms in total. The normalized spacial score (nSPS) is 20.0. The Morgan fingerprint density at radius 1 is 1.15 bits per heavy atom. The first-order chi connectivity index (χ1) is 16.0. The van der Waals surface area contributed by atoms with Gasteiger partial charge >= 0.3 is 6.03 Å². The van der Waals surface area contributed by atoms with Crippen LogP contribution < -0.4 is 5.32 Å². The number of nitrogens with zero attached hydrogens (tertiary/aromatic N) is 2. The summed E-state index contributed by atoms with van der Waals surface area (Å²) >= 11 is 0. The smallest absolute Gasteiger partial charge is 0.317 e. The molecule has 0 radical (unpaired) electrons. The van der Waals surface area contributed by atoms with Crippen LogP contribution >= 0.6 is 0 Å². The van der Waals surface area contributed by atoms with Gasteiger partial charge in [0.2, 0.25) is 5.91 Å². The van der Waals surface area contributed by atoms with Gasteiger partial charge in [-0.2, -0.15) is 0 Å². The fourth-order valence-corrected chi connectivity index (χ4v) is 5.32. The first kappa shape index (κ1) is 25.3. The molecule has 2 fully saturated rings. The van der Waals surface area contributed by atoms with E-state index in [0.29, 0.717) is 31.3 Å². The summed E-state index contributed by atoms with van der Waals surface area (Å²) in [6.45, 7) is 7.10. The maximum atomic E-state index is 13.4. The van der Waals surface area contributed by atoms with Crippen LogP contribution in [0.4, 0.5) is 4.79 Å². The number of urea groups is 1. The van der Waals surface area contributed by atoms with Crippen LogP contribution in [0.15, 0.2) is 30.3 Å². The van der Waals surface area contributed by atoms with Crippen molar-refractivity contribution in [3.63, 3.8) is 0 Å². The molecule has 0 bridgehead atoms. The molecule has 1 atom stereocenters. The molecule has 2 saturated heterocycles. The molecule has 2 N–H and O–H groups in total. The van der Waals surface area contributed by atoms with Crippen LogP contribution in [0.3, 0.4) is 0 Å². The summed E-state index contributed by atoms with van der Waals surface area (Å²) in [6, 6.07) is 10.2. The molecule has 0 aliphatic carbocycles. The van der Waals surface area contributed by atoms with E-state index >= 15 is 0 Å². The van der Waals surface area contributed by atoms with Crippen molar-refractivity contribution >= 4 is 17.8 Å². The summed E-state index contributed by atoms with van der Waals surface area (Å²) in [5.74, 6) is 1.08. The van der Waals surface area contributed by atoms with E-state index in [9.17, 15) is 9.59 Å². The minimum atomic E-state index is -0.344. The minimum Gasteiger partial charge on any atom is -0.338 e. The van der Waals surface area contributed by atoms with Crippen molar-refractivity contribution in [2.45, 2.75) is 78.1 Å². The van der Waals surface area contributed by atoms with Crippen molar-refractivity contribution in [3.8, 4) is 0 Å². The molecule has 1 aromatic carbocycles. The van der Waals surface area contributed by atoms with Crippen LogP contribution in [0.25, 0.3) is 0 Å². The quantitative estimate of drug-likeness (QED) is 0.454.